The SMILES string of the molecule is COCC(C)(C)n1c(C(C)Cl)nc2c(F)cc(F)cc21. The van der Waals surface area contributed by atoms with Gasteiger partial charge in [0.05, 0.1) is 23.0 Å². The van der Waals surface area contributed by atoms with E-state index in [0.717, 1.165) is 6.07 Å². The molecule has 1 unspecified atom stereocenters. The van der Waals surface area contributed by atoms with Crippen molar-refractivity contribution in [3.05, 3.63) is 29.6 Å². The van der Waals surface area contributed by atoms with Crippen molar-refractivity contribution in [2.45, 2.75) is 31.7 Å². The molecule has 1 aromatic carbocycles. The third-order valence-electron chi connectivity index (χ3n) is 3.16. The summed E-state index contributed by atoms with van der Waals surface area (Å²) in [5, 5.41) is -0.430. The van der Waals surface area contributed by atoms with Gasteiger partial charge in [-0.3, -0.25) is 0 Å². The van der Waals surface area contributed by atoms with Crippen LogP contribution in [-0.2, 0) is 10.3 Å². The third-order valence-corrected chi connectivity index (χ3v) is 3.36. The van der Waals surface area contributed by atoms with Crippen LogP contribution in [0.4, 0.5) is 8.78 Å². The van der Waals surface area contributed by atoms with Gasteiger partial charge < -0.3 is 9.30 Å². The number of nitrogens with zero attached hydrogens (tertiary/aromatic N) is 2. The summed E-state index contributed by atoms with van der Waals surface area (Å²) in [5.41, 5.74) is -0.0208. The maximum absolute atomic E-state index is 13.9. The monoisotopic (exact) mass is 302 g/mol. The predicted octanol–water partition coefficient (Wildman–Crippen LogP) is 4.00. The summed E-state index contributed by atoms with van der Waals surface area (Å²) in [6.07, 6.45) is 0. The van der Waals surface area contributed by atoms with Crippen molar-refractivity contribution < 1.29 is 13.5 Å². The normalized spacial score (nSPS) is 13.9. The van der Waals surface area contributed by atoms with Crippen molar-refractivity contribution in [3.8, 4) is 0 Å². The van der Waals surface area contributed by atoms with E-state index in [4.69, 9.17) is 16.3 Å². The van der Waals surface area contributed by atoms with Crippen molar-refractivity contribution in [2.75, 3.05) is 13.7 Å². The van der Waals surface area contributed by atoms with Crippen LogP contribution in [0.5, 0.6) is 0 Å². The number of alkyl halides is 1. The molecule has 0 fully saturated rings. The van der Waals surface area contributed by atoms with Gasteiger partial charge in [-0.1, -0.05) is 0 Å². The minimum atomic E-state index is -0.689. The maximum atomic E-state index is 13.9. The molecule has 2 rings (SSSR count). The molecule has 6 heteroatoms. The van der Waals surface area contributed by atoms with Crippen LogP contribution < -0.4 is 0 Å². The Morgan fingerprint density at radius 3 is 2.60 bits per heavy atom. The summed E-state index contributed by atoms with van der Waals surface area (Å²) in [6, 6.07) is 2.09. The highest BCUT2D eigenvalue weighted by Crippen LogP contribution is 2.32. The van der Waals surface area contributed by atoms with Crippen LogP contribution in [0.25, 0.3) is 11.0 Å². The average molecular weight is 303 g/mol. The van der Waals surface area contributed by atoms with Crippen molar-refractivity contribution in [1.29, 1.82) is 0 Å². The van der Waals surface area contributed by atoms with E-state index in [1.807, 2.05) is 13.8 Å². The zero-order valence-corrected chi connectivity index (χ0v) is 12.6. The topological polar surface area (TPSA) is 27.1 Å². The van der Waals surface area contributed by atoms with E-state index in [1.54, 1.807) is 18.6 Å². The van der Waals surface area contributed by atoms with Gasteiger partial charge in [0.25, 0.3) is 0 Å². The smallest absolute Gasteiger partial charge is 0.153 e. The summed E-state index contributed by atoms with van der Waals surface area (Å²) in [6.45, 7) is 5.93. The highest BCUT2D eigenvalue weighted by molar-refractivity contribution is 6.20. The Morgan fingerprint density at radius 2 is 2.05 bits per heavy atom. The molecule has 0 aliphatic carbocycles. The molecule has 0 aliphatic rings. The largest absolute Gasteiger partial charge is 0.382 e. The fourth-order valence-electron chi connectivity index (χ4n) is 2.44. The first-order valence-electron chi connectivity index (χ1n) is 6.29. The highest BCUT2D eigenvalue weighted by Gasteiger charge is 2.29. The van der Waals surface area contributed by atoms with Crippen LogP contribution in [0.3, 0.4) is 0 Å². The number of aromatic nitrogens is 2. The first-order valence-corrected chi connectivity index (χ1v) is 6.72. The Kier molecular flexibility index (Phi) is 4.02. The van der Waals surface area contributed by atoms with Crippen LogP contribution >= 0.6 is 11.6 Å². The van der Waals surface area contributed by atoms with Gasteiger partial charge in [0.15, 0.2) is 5.82 Å². The number of fused-ring (bicyclic) bond motifs is 1. The molecule has 0 bridgehead atoms. The lowest BCUT2D eigenvalue weighted by atomic mass is 10.1. The number of methoxy groups -OCH3 is 1. The Labute approximate surface area is 121 Å². The second kappa shape index (κ2) is 5.30. The summed E-state index contributed by atoms with van der Waals surface area (Å²) < 4.78 is 34.3. The Balaban J connectivity index is 2.81. The second-order valence-electron chi connectivity index (χ2n) is 5.42. The molecule has 0 N–H and O–H groups in total. The lowest BCUT2D eigenvalue weighted by Crippen LogP contribution is -2.33. The molecule has 0 aliphatic heterocycles. The minimum absolute atomic E-state index is 0.123. The number of imidazole rings is 1. The van der Waals surface area contributed by atoms with Crippen molar-refractivity contribution in [3.63, 3.8) is 0 Å². The molecule has 110 valence electrons. The molecule has 0 saturated carbocycles. The van der Waals surface area contributed by atoms with Crippen LogP contribution in [0.2, 0.25) is 0 Å². The summed E-state index contributed by atoms with van der Waals surface area (Å²) in [5.74, 6) is -0.836. The lowest BCUT2D eigenvalue weighted by molar-refractivity contribution is 0.110. The van der Waals surface area contributed by atoms with Gasteiger partial charge in [-0.15, -0.1) is 11.6 Å². The maximum Gasteiger partial charge on any atom is 0.153 e. The molecule has 0 saturated heterocycles. The average Bonchev–Trinajstić information content (AvgIpc) is 2.69. The van der Waals surface area contributed by atoms with Gasteiger partial charge in [0.2, 0.25) is 0 Å². The molecular weight excluding hydrogens is 286 g/mol. The Morgan fingerprint density at radius 1 is 1.40 bits per heavy atom. The van der Waals surface area contributed by atoms with E-state index in [1.165, 1.54) is 6.07 Å². The molecule has 1 aromatic heterocycles. The predicted molar refractivity (Wildman–Crippen MR) is 75.1 cm³/mol. The molecule has 1 heterocycles. The molecule has 0 amide bonds. The van der Waals surface area contributed by atoms with E-state index in [2.05, 4.69) is 4.98 Å². The molecule has 0 spiro atoms. The quantitative estimate of drug-likeness (QED) is 0.798. The van der Waals surface area contributed by atoms with Gasteiger partial charge in [-0.2, -0.15) is 0 Å². The number of hydrogen-bond acceptors (Lipinski definition) is 2. The minimum Gasteiger partial charge on any atom is -0.382 e. The third kappa shape index (κ3) is 2.52. The number of hydrogen-bond donors (Lipinski definition) is 0. The van der Waals surface area contributed by atoms with E-state index in [9.17, 15) is 8.78 Å². The van der Waals surface area contributed by atoms with E-state index in [-0.39, 0.29) is 5.52 Å². The Hall–Kier alpha value is -1.20. The van der Waals surface area contributed by atoms with Gasteiger partial charge in [-0.25, -0.2) is 13.8 Å². The lowest BCUT2D eigenvalue weighted by Gasteiger charge is -2.29. The summed E-state index contributed by atoms with van der Waals surface area (Å²) in [4.78, 5) is 4.24. The van der Waals surface area contributed by atoms with Gasteiger partial charge in [0, 0.05) is 19.2 Å². The zero-order chi connectivity index (χ0) is 15.1. The van der Waals surface area contributed by atoms with Crippen LogP contribution in [-0.4, -0.2) is 23.3 Å². The van der Waals surface area contributed by atoms with Crippen molar-refractivity contribution >= 4 is 22.6 Å². The fraction of sp³-hybridized carbons (Fsp3) is 0.500. The standard InChI is InChI=1S/C14H17ClF2N2O/c1-8(15)13-18-12-10(17)5-9(16)6-11(12)19(13)14(2,3)7-20-4/h5-6,8H,7H2,1-4H3. The number of benzene rings is 1. The zero-order valence-electron chi connectivity index (χ0n) is 11.9. The summed E-state index contributed by atoms with van der Waals surface area (Å²) in [7, 11) is 1.58. The molecule has 3 nitrogen and oxygen atoms in total. The molecule has 0 radical (unpaired) electrons. The Bertz CT molecular complexity index is 638. The molecular formula is C14H17ClF2N2O. The van der Waals surface area contributed by atoms with E-state index >= 15 is 0 Å². The van der Waals surface area contributed by atoms with E-state index < -0.39 is 22.6 Å². The van der Waals surface area contributed by atoms with E-state index in [0.29, 0.717) is 17.9 Å². The first-order chi connectivity index (χ1) is 9.27. The van der Waals surface area contributed by atoms with Crippen molar-refractivity contribution in [1.82, 2.24) is 9.55 Å². The number of ether oxygens (including phenoxy) is 1. The fourth-order valence-corrected chi connectivity index (χ4v) is 2.59. The second-order valence-corrected chi connectivity index (χ2v) is 6.08. The van der Waals surface area contributed by atoms with Gasteiger partial charge >= 0.3 is 0 Å². The van der Waals surface area contributed by atoms with Gasteiger partial charge in [-0.05, 0) is 20.8 Å². The van der Waals surface area contributed by atoms with Crippen LogP contribution in [0.1, 0.15) is 32.0 Å². The van der Waals surface area contributed by atoms with Crippen LogP contribution in [0.15, 0.2) is 12.1 Å². The summed E-state index contributed by atoms with van der Waals surface area (Å²) >= 11 is 6.14. The number of halogens is 3. The highest BCUT2D eigenvalue weighted by atomic mass is 35.5. The number of rotatable bonds is 4. The molecule has 20 heavy (non-hydrogen) atoms. The first kappa shape index (κ1) is 15.2. The van der Waals surface area contributed by atoms with Gasteiger partial charge in [0.1, 0.15) is 17.2 Å². The molecule has 2 aromatic rings. The van der Waals surface area contributed by atoms with Crippen LogP contribution in [0, 0.1) is 11.6 Å². The molecule has 1 atom stereocenters. The van der Waals surface area contributed by atoms with Crippen molar-refractivity contribution in [2.24, 2.45) is 0 Å².